The Balaban J connectivity index is 0.000000152. The van der Waals surface area contributed by atoms with E-state index < -0.39 is 0 Å². The molecule has 0 unspecified atom stereocenters. The molecule has 202 valence electrons. The molecule has 6 rings (SSSR count). The van der Waals surface area contributed by atoms with Crippen LogP contribution in [0.15, 0.2) is 6.20 Å². The molecular weight excluding hydrogens is 591 g/mol. The molecule has 2 aromatic rings. The fraction of sp³-hybridized carbons (Fsp3) is 0.667. The van der Waals surface area contributed by atoms with Crippen molar-refractivity contribution in [1.82, 2.24) is 28.9 Å². The Morgan fingerprint density at radius 2 is 1.30 bits per heavy atom. The maximum absolute atomic E-state index is 11.5. The summed E-state index contributed by atoms with van der Waals surface area (Å²) in [5.74, 6) is 2.33. The molecule has 0 aliphatic carbocycles. The number of amides is 2. The van der Waals surface area contributed by atoms with Crippen molar-refractivity contribution < 1.29 is 19.1 Å². The Labute approximate surface area is 230 Å². The first kappa shape index (κ1) is 26.2. The molecule has 4 aliphatic rings. The van der Waals surface area contributed by atoms with Gasteiger partial charge in [-0.15, -0.1) is 0 Å². The minimum Gasteiger partial charge on any atom is -0.378 e. The zero-order valence-corrected chi connectivity index (χ0v) is 23.7. The van der Waals surface area contributed by atoms with Crippen molar-refractivity contribution in [3.8, 4) is 0 Å². The van der Waals surface area contributed by atoms with Crippen LogP contribution in [0.5, 0.6) is 0 Å². The highest BCUT2D eigenvalue weighted by Crippen LogP contribution is 2.26. The van der Waals surface area contributed by atoms with Crippen LogP contribution in [0.4, 0.5) is 11.9 Å². The summed E-state index contributed by atoms with van der Waals surface area (Å²) in [6, 6.07) is 0. The normalized spacial score (nSPS) is 19.6. The maximum Gasteiger partial charge on any atom is 0.219 e. The number of nitrogens with zero attached hydrogens (tertiary/aromatic N) is 8. The summed E-state index contributed by atoms with van der Waals surface area (Å²) < 4.78 is 16.2. The average Bonchev–Trinajstić information content (AvgIpc) is 3.50. The van der Waals surface area contributed by atoms with Gasteiger partial charge in [0, 0.05) is 66.2 Å². The van der Waals surface area contributed by atoms with E-state index in [0.717, 1.165) is 106 Å². The minimum absolute atomic E-state index is 0.135. The zero-order valence-electron chi connectivity index (χ0n) is 21.6. The molecule has 2 aromatic heterocycles. The van der Waals surface area contributed by atoms with Crippen molar-refractivity contribution in [3.05, 3.63) is 21.3 Å². The van der Waals surface area contributed by atoms with Crippen LogP contribution < -0.4 is 9.80 Å². The number of carbonyl (C=O) groups is 2. The summed E-state index contributed by atoms with van der Waals surface area (Å²) in [4.78, 5) is 40.4. The van der Waals surface area contributed by atoms with E-state index in [1.807, 2.05) is 16.0 Å². The molecule has 6 heterocycles. The highest BCUT2D eigenvalue weighted by atomic mass is 127. The highest BCUT2D eigenvalue weighted by Gasteiger charge is 2.27. The molecule has 0 aromatic carbocycles. The number of aromatic nitrogens is 4. The van der Waals surface area contributed by atoms with Crippen LogP contribution in [0.2, 0.25) is 0 Å². The average molecular weight is 626 g/mol. The van der Waals surface area contributed by atoms with Gasteiger partial charge in [-0.3, -0.25) is 9.59 Å². The third-order valence-corrected chi connectivity index (χ3v) is 8.14. The second-order valence-electron chi connectivity index (χ2n) is 9.58. The highest BCUT2D eigenvalue weighted by molar-refractivity contribution is 14.1. The van der Waals surface area contributed by atoms with Crippen molar-refractivity contribution >= 4 is 46.3 Å². The molecule has 2 saturated heterocycles. The summed E-state index contributed by atoms with van der Waals surface area (Å²) in [7, 11) is 0. The van der Waals surface area contributed by atoms with Gasteiger partial charge in [-0.1, -0.05) is 0 Å². The Kier molecular flexibility index (Phi) is 8.19. The van der Waals surface area contributed by atoms with Crippen LogP contribution >= 0.6 is 22.6 Å². The van der Waals surface area contributed by atoms with Gasteiger partial charge < -0.3 is 38.2 Å². The Morgan fingerprint density at radius 1 is 0.757 bits per heavy atom. The molecule has 0 N–H and O–H groups in total. The number of hydrogen-bond donors (Lipinski definition) is 0. The van der Waals surface area contributed by atoms with Gasteiger partial charge in [0.05, 0.1) is 57.1 Å². The zero-order chi connectivity index (χ0) is 25.9. The van der Waals surface area contributed by atoms with E-state index in [9.17, 15) is 9.59 Å². The van der Waals surface area contributed by atoms with Gasteiger partial charge in [0.2, 0.25) is 23.7 Å². The van der Waals surface area contributed by atoms with Crippen LogP contribution in [0.1, 0.15) is 25.2 Å². The minimum atomic E-state index is 0.135. The van der Waals surface area contributed by atoms with Gasteiger partial charge in [-0.2, -0.15) is 0 Å². The third kappa shape index (κ3) is 5.72. The van der Waals surface area contributed by atoms with Crippen molar-refractivity contribution in [1.29, 1.82) is 0 Å². The Hall–Kier alpha value is -2.39. The van der Waals surface area contributed by atoms with E-state index in [4.69, 9.17) is 14.5 Å². The van der Waals surface area contributed by atoms with Gasteiger partial charge in [-0.25, -0.2) is 9.97 Å². The largest absolute Gasteiger partial charge is 0.378 e. The molecule has 13 heteroatoms. The fourth-order valence-electron chi connectivity index (χ4n) is 5.13. The van der Waals surface area contributed by atoms with Gasteiger partial charge in [0.25, 0.3) is 0 Å². The molecule has 2 fully saturated rings. The quantitative estimate of drug-likeness (QED) is 0.451. The predicted octanol–water partition coefficient (Wildman–Crippen LogP) is 0.768. The number of morpholine rings is 2. The summed E-state index contributed by atoms with van der Waals surface area (Å²) in [5, 5.41) is 0. The number of imidazole rings is 2. The first-order valence-electron chi connectivity index (χ1n) is 12.9. The number of carbonyl (C=O) groups excluding carboxylic acids is 2. The summed E-state index contributed by atoms with van der Waals surface area (Å²) in [6.07, 6.45) is 1.89. The van der Waals surface area contributed by atoms with E-state index in [2.05, 4.69) is 46.5 Å². The predicted molar refractivity (Wildman–Crippen MR) is 145 cm³/mol. The molecule has 12 nitrogen and oxygen atoms in total. The number of anilines is 2. The number of hydrogen-bond acceptors (Lipinski definition) is 8. The van der Waals surface area contributed by atoms with E-state index in [1.165, 1.54) is 0 Å². The van der Waals surface area contributed by atoms with Crippen LogP contribution in [0, 0.1) is 3.70 Å². The van der Waals surface area contributed by atoms with E-state index >= 15 is 0 Å². The van der Waals surface area contributed by atoms with Crippen LogP contribution in [-0.4, -0.2) is 106 Å². The van der Waals surface area contributed by atoms with E-state index in [-0.39, 0.29) is 11.8 Å². The number of rotatable bonds is 2. The van der Waals surface area contributed by atoms with Crippen molar-refractivity contribution in [2.75, 3.05) is 75.5 Å². The van der Waals surface area contributed by atoms with Crippen molar-refractivity contribution in [3.63, 3.8) is 0 Å². The topological polar surface area (TPSA) is 101 Å². The molecule has 2 amide bonds. The second kappa shape index (κ2) is 11.6. The number of ether oxygens (including phenoxy) is 2. The lowest BCUT2D eigenvalue weighted by Crippen LogP contribution is -2.41. The lowest BCUT2D eigenvalue weighted by Gasteiger charge is -2.32. The Morgan fingerprint density at radius 3 is 1.89 bits per heavy atom. The standard InChI is InChI=1S/C12H17IN4O2.C12H18N4O2/c1-9(18)16-2-3-17-10(8-16)11(13)14-12(17)15-4-6-19-7-5-15;1-10(17)15-2-3-16-11(9-15)8-13-12(16)14-4-6-18-7-5-14/h2-8H2,1H3;8H,2-7,9H2,1H3. The van der Waals surface area contributed by atoms with Crippen molar-refractivity contribution in [2.45, 2.75) is 40.0 Å². The molecule has 0 spiro atoms. The molecule has 0 atom stereocenters. The lowest BCUT2D eigenvalue weighted by molar-refractivity contribution is -0.131. The number of fused-ring (bicyclic) bond motifs is 2. The van der Waals surface area contributed by atoms with Crippen molar-refractivity contribution in [2.24, 2.45) is 0 Å². The molecule has 0 saturated carbocycles. The summed E-state index contributed by atoms with van der Waals surface area (Å²) in [5.41, 5.74) is 2.28. The molecule has 0 radical (unpaired) electrons. The summed E-state index contributed by atoms with van der Waals surface area (Å²) >= 11 is 2.27. The van der Waals surface area contributed by atoms with Crippen LogP contribution in [-0.2, 0) is 45.2 Å². The van der Waals surface area contributed by atoms with Crippen LogP contribution in [0.3, 0.4) is 0 Å². The maximum atomic E-state index is 11.5. The van der Waals surface area contributed by atoms with Gasteiger partial charge in [0.1, 0.15) is 3.70 Å². The van der Waals surface area contributed by atoms with Gasteiger partial charge >= 0.3 is 0 Å². The monoisotopic (exact) mass is 626 g/mol. The Bertz CT molecular complexity index is 1120. The number of halogens is 1. The first-order chi connectivity index (χ1) is 17.9. The lowest BCUT2D eigenvalue weighted by atomic mass is 10.3. The van der Waals surface area contributed by atoms with E-state index in [1.54, 1.807) is 13.8 Å². The molecule has 0 bridgehead atoms. The summed E-state index contributed by atoms with van der Waals surface area (Å²) in [6.45, 7) is 14.4. The molecule has 4 aliphatic heterocycles. The van der Waals surface area contributed by atoms with E-state index in [0.29, 0.717) is 13.1 Å². The van der Waals surface area contributed by atoms with Gasteiger partial charge in [0.15, 0.2) is 0 Å². The van der Waals surface area contributed by atoms with Gasteiger partial charge in [-0.05, 0) is 22.6 Å². The fourth-order valence-corrected chi connectivity index (χ4v) is 5.81. The smallest absolute Gasteiger partial charge is 0.219 e. The molecule has 37 heavy (non-hydrogen) atoms. The second-order valence-corrected chi connectivity index (χ2v) is 10.6. The first-order valence-corrected chi connectivity index (χ1v) is 14.0. The SMILES string of the molecule is CC(=O)N1CCn2c(N3CCOCC3)nc(I)c2C1.CC(=O)N1CCn2c(cnc2N2CCOCC2)C1. The third-order valence-electron chi connectivity index (χ3n) is 7.28. The molecular formula is C24H35IN8O4. The van der Waals surface area contributed by atoms with Crippen LogP contribution in [0.25, 0.3) is 0 Å².